The van der Waals surface area contributed by atoms with Gasteiger partial charge in [0.1, 0.15) is 5.52 Å². The molecule has 1 amide bonds. The molecule has 0 fully saturated rings. The van der Waals surface area contributed by atoms with Gasteiger partial charge in [0.15, 0.2) is 0 Å². The number of rotatable bonds is 6. The number of carbonyl (C=O) groups excluding carboxylic acids is 1. The molecule has 2 aromatic rings. The highest BCUT2D eigenvalue weighted by Crippen LogP contribution is 2.17. The molecule has 0 bridgehead atoms. The summed E-state index contributed by atoms with van der Waals surface area (Å²) < 4.78 is 1.79. The molecule has 21 heavy (non-hydrogen) atoms. The molecule has 6 nitrogen and oxygen atoms in total. The summed E-state index contributed by atoms with van der Waals surface area (Å²) >= 11 is 0. The monoisotopic (exact) mass is 290 g/mol. The van der Waals surface area contributed by atoms with E-state index in [4.69, 9.17) is 5.11 Å². The zero-order valence-corrected chi connectivity index (χ0v) is 12.8. The van der Waals surface area contributed by atoms with Crippen LogP contribution in [-0.4, -0.2) is 38.2 Å². The lowest BCUT2D eigenvalue weighted by atomic mass is 9.94. The Labute approximate surface area is 124 Å². The summed E-state index contributed by atoms with van der Waals surface area (Å²) in [5.41, 5.74) is 1.79. The summed E-state index contributed by atoms with van der Waals surface area (Å²) in [4.78, 5) is 12.4. The predicted octanol–water partition coefficient (Wildman–Crippen LogP) is 1.73. The number of aromatic nitrogens is 3. The summed E-state index contributed by atoms with van der Waals surface area (Å²) in [7, 11) is 0. The molecule has 0 saturated heterocycles. The van der Waals surface area contributed by atoms with Crippen LogP contribution >= 0.6 is 0 Å². The lowest BCUT2D eigenvalue weighted by molar-refractivity contribution is 0.0886. The van der Waals surface area contributed by atoms with Crippen molar-refractivity contribution in [3.05, 3.63) is 23.8 Å². The average molecular weight is 290 g/mol. The number of nitrogens with one attached hydrogen (secondary N) is 1. The van der Waals surface area contributed by atoms with Gasteiger partial charge in [0.25, 0.3) is 5.91 Å². The topological polar surface area (TPSA) is 80.0 Å². The minimum absolute atomic E-state index is 0.0501. The third-order valence-electron chi connectivity index (χ3n) is 3.93. The van der Waals surface area contributed by atoms with E-state index in [2.05, 4.69) is 15.6 Å². The Bertz CT molecular complexity index is 638. The lowest BCUT2D eigenvalue weighted by Gasteiger charge is -2.29. The van der Waals surface area contributed by atoms with Crippen LogP contribution in [0.5, 0.6) is 0 Å². The number of amides is 1. The number of aryl methyl sites for hydroxylation is 1. The molecule has 2 N–H and O–H groups in total. The summed E-state index contributed by atoms with van der Waals surface area (Å²) in [5.74, 6) is -0.152. The van der Waals surface area contributed by atoms with E-state index in [1.807, 2.05) is 26.8 Å². The number of hydrogen-bond donors (Lipinski definition) is 2. The van der Waals surface area contributed by atoms with Crippen LogP contribution in [0.4, 0.5) is 0 Å². The van der Waals surface area contributed by atoms with Gasteiger partial charge in [-0.1, -0.05) is 12.1 Å². The summed E-state index contributed by atoms with van der Waals surface area (Å²) in [6.45, 7) is 6.72. The number of aliphatic hydroxyl groups excluding tert-OH is 1. The van der Waals surface area contributed by atoms with E-state index in [-0.39, 0.29) is 12.5 Å². The van der Waals surface area contributed by atoms with Crippen LogP contribution in [0, 0.1) is 0 Å². The van der Waals surface area contributed by atoms with Crippen molar-refractivity contribution >= 4 is 16.9 Å². The second-order valence-electron chi connectivity index (χ2n) is 5.45. The smallest absolute Gasteiger partial charge is 0.251 e. The Hall–Kier alpha value is -1.95. The quantitative estimate of drug-likeness (QED) is 0.849. The number of fused-ring (bicyclic) bond motifs is 1. The molecule has 0 spiro atoms. The normalized spacial score (nSPS) is 14.1. The Morgan fingerprint density at radius 1 is 1.43 bits per heavy atom. The van der Waals surface area contributed by atoms with Crippen LogP contribution < -0.4 is 5.32 Å². The first kappa shape index (κ1) is 15.4. The molecular formula is C15H22N4O2. The Morgan fingerprint density at radius 3 is 2.81 bits per heavy atom. The maximum Gasteiger partial charge on any atom is 0.251 e. The van der Waals surface area contributed by atoms with Gasteiger partial charge in [-0.3, -0.25) is 4.79 Å². The van der Waals surface area contributed by atoms with Crippen molar-refractivity contribution in [2.24, 2.45) is 0 Å². The van der Waals surface area contributed by atoms with Crippen molar-refractivity contribution < 1.29 is 9.90 Å². The molecule has 0 aliphatic heterocycles. The van der Waals surface area contributed by atoms with Crippen molar-refractivity contribution in [2.75, 3.05) is 6.61 Å². The van der Waals surface area contributed by atoms with E-state index in [1.54, 1.807) is 16.8 Å². The molecule has 1 aromatic heterocycles. The minimum atomic E-state index is -0.401. The third-order valence-corrected chi connectivity index (χ3v) is 3.93. The molecule has 114 valence electrons. The molecule has 0 aliphatic carbocycles. The van der Waals surface area contributed by atoms with Gasteiger partial charge in [0, 0.05) is 24.3 Å². The molecule has 1 unspecified atom stereocenters. The van der Waals surface area contributed by atoms with Gasteiger partial charge < -0.3 is 10.4 Å². The van der Waals surface area contributed by atoms with Gasteiger partial charge in [-0.2, -0.15) is 0 Å². The minimum Gasteiger partial charge on any atom is -0.396 e. The van der Waals surface area contributed by atoms with Crippen LogP contribution in [0.1, 0.15) is 44.0 Å². The van der Waals surface area contributed by atoms with Crippen LogP contribution in [0.25, 0.3) is 11.0 Å². The Kier molecular flexibility index (Phi) is 4.57. The molecule has 0 radical (unpaired) electrons. The maximum atomic E-state index is 12.4. The van der Waals surface area contributed by atoms with Crippen LogP contribution in [-0.2, 0) is 6.54 Å². The van der Waals surface area contributed by atoms with Gasteiger partial charge >= 0.3 is 0 Å². The van der Waals surface area contributed by atoms with E-state index in [1.165, 1.54) is 0 Å². The number of benzene rings is 1. The SMILES string of the molecule is CCn1nnc2cc(C(=O)NC(C)(CC)CCO)ccc21. The first-order valence-electron chi connectivity index (χ1n) is 7.29. The van der Waals surface area contributed by atoms with E-state index < -0.39 is 5.54 Å². The summed E-state index contributed by atoms with van der Waals surface area (Å²) in [5, 5.41) is 20.2. The summed E-state index contributed by atoms with van der Waals surface area (Å²) in [6, 6.07) is 5.39. The standard InChI is InChI=1S/C15H22N4O2/c1-4-15(3,8-9-20)16-14(21)11-6-7-13-12(10-11)17-18-19(13)5-2/h6-7,10,20H,4-5,8-9H2,1-3H3,(H,16,21). The molecular weight excluding hydrogens is 268 g/mol. The molecule has 0 aliphatic rings. The van der Waals surface area contributed by atoms with Crippen LogP contribution in [0.3, 0.4) is 0 Å². The van der Waals surface area contributed by atoms with Crippen LogP contribution in [0.15, 0.2) is 18.2 Å². The predicted molar refractivity (Wildman–Crippen MR) is 81.1 cm³/mol. The molecule has 1 aromatic carbocycles. The van der Waals surface area contributed by atoms with E-state index >= 15 is 0 Å². The fourth-order valence-electron chi connectivity index (χ4n) is 2.27. The average Bonchev–Trinajstić information content (AvgIpc) is 2.89. The maximum absolute atomic E-state index is 12.4. The molecule has 1 atom stereocenters. The lowest BCUT2D eigenvalue weighted by Crippen LogP contribution is -2.46. The number of nitrogens with zero attached hydrogens (tertiary/aromatic N) is 3. The highest BCUT2D eigenvalue weighted by Gasteiger charge is 2.24. The fraction of sp³-hybridized carbons (Fsp3) is 0.533. The van der Waals surface area contributed by atoms with Crippen molar-refractivity contribution in [1.29, 1.82) is 0 Å². The molecule has 1 heterocycles. The Morgan fingerprint density at radius 2 is 2.19 bits per heavy atom. The fourth-order valence-corrected chi connectivity index (χ4v) is 2.27. The zero-order valence-electron chi connectivity index (χ0n) is 12.8. The van der Waals surface area contributed by atoms with E-state index in [9.17, 15) is 4.79 Å². The highest BCUT2D eigenvalue weighted by molar-refractivity contribution is 5.97. The number of hydrogen-bond acceptors (Lipinski definition) is 4. The van der Waals surface area contributed by atoms with Crippen molar-refractivity contribution in [1.82, 2.24) is 20.3 Å². The van der Waals surface area contributed by atoms with Crippen molar-refractivity contribution in [2.45, 2.75) is 45.7 Å². The second-order valence-corrected chi connectivity index (χ2v) is 5.45. The molecule has 2 rings (SSSR count). The number of aliphatic hydroxyl groups is 1. The van der Waals surface area contributed by atoms with Gasteiger partial charge in [-0.25, -0.2) is 4.68 Å². The largest absolute Gasteiger partial charge is 0.396 e. The van der Waals surface area contributed by atoms with Gasteiger partial charge in [-0.15, -0.1) is 5.10 Å². The summed E-state index contributed by atoms with van der Waals surface area (Å²) in [6.07, 6.45) is 1.29. The van der Waals surface area contributed by atoms with Gasteiger partial charge in [0.2, 0.25) is 0 Å². The number of carbonyl (C=O) groups is 1. The zero-order chi connectivity index (χ0) is 15.5. The van der Waals surface area contributed by atoms with Gasteiger partial charge in [-0.05, 0) is 44.9 Å². The van der Waals surface area contributed by atoms with Crippen molar-refractivity contribution in [3.8, 4) is 0 Å². The van der Waals surface area contributed by atoms with Gasteiger partial charge in [0.05, 0.1) is 5.52 Å². The van der Waals surface area contributed by atoms with E-state index in [0.717, 1.165) is 18.5 Å². The second kappa shape index (κ2) is 6.22. The Balaban J connectivity index is 2.23. The third kappa shape index (κ3) is 3.21. The highest BCUT2D eigenvalue weighted by atomic mass is 16.3. The first-order chi connectivity index (χ1) is 10.0. The van der Waals surface area contributed by atoms with Crippen molar-refractivity contribution in [3.63, 3.8) is 0 Å². The molecule has 0 saturated carbocycles. The molecule has 6 heteroatoms. The van der Waals surface area contributed by atoms with Crippen LogP contribution in [0.2, 0.25) is 0 Å². The first-order valence-corrected chi connectivity index (χ1v) is 7.29. The van der Waals surface area contributed by atoms with E-state index in [0.29, 0.717) is 17.5 Å².